The molecule has 0 spiro atoms. The van der Waals surface area contributed by atoms with Crippen molar-refractivity contribution in [2.75, 3.05) is 6.61 Å². The van der Waals surface area contributed by atoms with Gasteiger partial charge in [-0.05, 0) is 22.2 Å². The molecule has 2 aliphatic rings. The van der Waals surface area contributed by atoms with Gasteiger partial charge in [-0.15, -0.1) is 0 Å². The maximum absolute atomic E-state index is 15.1. The zero-order valence-electron chi connectivity index (χ0n) is 17.5. The summed E-state index contributed by atoms with van der Waals surface area (Å²) in [6.07, 6.45) is -1.65. The fourth-order valence-electron chi connectivity index (χ4n) is 4.50. The van der Waals surface area contributed by atoms with Gasteiger partial charge in [0.05, 0.1) is 10.9 Å². The molecule has 1 saturated carbocycles. The van der Waals surface area contributed by atoms with Gasteiger partial charge in [0.15, 0.2) is 0 Å². The highest BCUT2D eigenvalue weighted by atomic mass is 79.9. The van der Waals surface area contributed by atoms with Crippen LogP contribution in [-0.4, -0.2) is 40.8 Å². The van der Waals surface area contributed by atoms with E-state index in [0.717, 1.165) is 5.57 Å². The Labute approximate surface area is 169 Å². The maximum Gasteiger partial charge on any atom is 0.335 e. The van der Waals surface area contributed by atoms with E-state index >= 15 is 4.39 Å². The molecule has 0 aromatic rings. The molecule has 0 aromatic carbocycles. The number of halogens is 2. The van der Waals surface area contributed by atoms with E-state index in [1.54, 1.807) is 0 Å². The summed E-state index contributed by atoms with van der Waals surface area (Å²) in [5.74, 6) is -0.118. The summed E-state index contributed by atoms with van der Waals surface area (Å²) in [6.45, 7) is 22.0. The number of fused-ring (bicyclic) bond motifs is 1. The first-order valence-corrected chi connectivity index (χ1v) is 14.7. The third kappa shape index (κ3) is 3.57. The van der Waals surface area contributed by atoms with E-state index in [9.17, 15) is 0 Å². The van der Waals surface area contributed by atoms with Gasteiger partial charge in [0.25, 0.3) is 0 Å². The molecule has 0 bridgehead atoms. The van der Waals surface area contributed by atoms with Crippen LogP contribution in [0, 0.1) is 5.92 Å². The summed E-state index contributed by atoms with van der Waals surface area (Å²) in [7, 11) is -5.29. The molecule has 1 heterocycles. The van der Waals surface area contributed by atoms with Crippen molar-refractivity contribution in [3.8, 4) is 0 Å². The lowest BCUT2D eigenvalue weighted by molar-refractivity contribution is 0.0140. The summed E-state index contributed by atoms with van der Waals surface area (Å²) < 4.78 is 35.5. The molecule has 1 aliphatic carbocycles. The molecule has 152 valence electrons. The van der Waals surface area contributed by atoms with Crippen molar-refractivity contribution >= 4 is 33.1 Å². The molecule has 1 saturated heterocycles. The van der Waals surface area contributed by atoms with Crippen LogP contribution in [0.2, 0.25) is 22.2 Å². The van der Waals surface area contributed by atoms with Crippen LogP contribution in [0.15, 0.2) is 12.2 Å². The Balaban J connectivity index is 2.59. The van der Waals surface area contributed by atoms with Gasteiger partial charge in [0, 0.05) is 12.5 Å². The van der Waals surface area contributed by atoms with Gasteiger partial charge in [-0.25, -0.2) is 4.39 Å². The molecular weight excluding hydrogens is 431 g/mol. The average molecular weight is 468 g/mol. The lowest BCUT2D eigenvalue weighted by Gasteiger charge is -2.51. The lowest BCUT2D eigenvalue weighted by Crippen LogP contribution is -2.65. The largest absolute Gasteiger partial charge is 0.414 e. The molecule has 1 aliphatic heterocycles. The normalized spacial score (nSPS) is 34.5. The average Bonchev–Trinajstić information content (AvgIpc) is 2.70. The Bertz CT molecular complexity index is 511. The third-order valence-electron chi connectivity index (χ3n) is 6.17. The molecule has 0 N–H and O–H groups in total. The first kappa shape index (κ1) is 22.7. The predicted molar refractivity (Wildman–Crippen MR) is 114 cm³/mol. The van der Waals surface area contributed by atoms with E-state index in [2.05, 4.69) is 77.9 Å². The summed E-state index contributed by atoms with van der Waals surface area (Å²) >= 11 is 3.48. The molecule has 2 rings (SSSR count). The minimum atomic E-state index is -2.73. The monoisotopic (exact) mass is 466 g/mol. The third-order valence-corrected chi connectivity index (χ3v) is 17.5. The SMILES string of the molecule is C=C1[C@@H]2CO[Si](C(C)C)(C(C)C)O[Si](C(C)C)(C(C)C)OC2[C@@H](F)[C@H]1Br. The standard InChI is InChI=1S/C19H36BrFO3Si2/c1-11(2)25(12(3)4)22-10-16-15(9)17(20)18(21)19(16)23-26(24-25,13(5)6)14(7)8/h11-14,16-19H,9-10H2,1-8H3/t16-,17-,18-,19?/m0/s1. The number of rotatable bonds is 4. The summed E-state index contributed by atoms with van der Waals surface area (Å²) in [4.78, 5) is -0.376. The van der Waals surface area contributed by atoms with Crippen LogP contribution >= 0.6 is 15.9 Å². The molecule has 0 aromatic heterocycles. The highest BCUT2D eigenvalue weighted by Gasteiger charge is 2.61. The minimum absolute atomic E-state index is 0.118. The molecule has 2 fully saturated rings. The minimum Gasteiger partial charge on any atom is -0.414 e. The number of alkyl halides is 2. The Morgan fingerprint density at radius 3 is 1.85 bits per heavy atom. The molecule has 7 heteroatoms. The van der Waals surface area contributed by atoms with E-state index in [1.807, 2.05) is 0 Å². The first-order valence-electron chi connectivity index (χ1n) is 9.89. The summed E-state index contributed by atoms with van der Waals surface area (Å²) in [6, 6.07) is 0. The van der Waals surface area contributed by atoms with Crippen LogP contribution in [0.5, 0.6) is 0 Å². The quantitative estimate of drug-likeness (QED) is 0.279. The zero-order valence-corrected chi connectivity index (χ0v) is 21.1. The van der Waals surface area contributed by atoms with Gasteiger partial charge in [-0.3, -0.25) is 0 Å². The van der Waals surface area contributed by atoms with Crippen molar-refractivity contribution in [1.29, 1.82) is 0 Å². The molecule has 0 amide bonds. The molecule has 0 radical (unpaired) electrons. The second-order valence-corrected chi connectivity index (χ2v) is 18.9. The second kappa shape index (κ2) is 8.07. The van der Waals surface area contributed by atoms with Crippen molar-refractivity contribution in [3.05, 3.63) is 12.2 Å². The van der Waals surface area contributed by atoms with Crippen molar-refractivity contribution in [3.63, 3.8) is 0 Å². The highest BCUT2D eigenvalue weighted by molar-refractivity contribution is 9.09. The van der Waals surface area contributed by atoms with Gasteiger partial charge < -0.3 is 13.0 Å². The molecule has 1 unspecified atom stereocenters. The second-order valence-electron chi connectivity index (χ2n) is 9.08. The Kier molecular flexibility index (Phi) is 7.06. The Morgan fingerprint density at radius 1 is 0.962 bits per heavy atom. The smallest absolute Gasteiger partial charge is 0.335 e. The van der Waals surface area contributed by atoms with E-state index in [0.29, 0.717) is 17.7 Å². The van der Waals surface area contributed by atoms with Crippen LogP contribution in [0.1, 0.15) is 55.4 Å². The fraction of sp³-hybridized carbons (Fsp3) is 0.895. The van der Waals surface area contributed by atoms with Gasteiger partial charge in [-0.2, -0.15) is 0 Å². The molecule has 3 nitrogen and oxygen atoms in total. The van der Waals surface area contributed by atoms with Crippen molar-refractivity contribution in [2.24, 2.45) is 5.92 Å². The van der Waals surface area contributed by atoms with Gasteiger partial charge >= 0.3 is 17.1 Å². The number of hydrogen-bond donors (Lipinski definition) is 0. The van der Waals surface area contributed by atoms with E-state index in [4.69, 9.17) is 13.0 Å². The van der Waals surface area contributed by atoms with Crippen LogP contribution in [0.3, 0.4) is 0 Å². The van der Waals surface area contributed by atoms with Crippen LogP contribution in [0.4, 0.5) is 4.39 Å². The van der Waals surface area contributed by atoms with Crippen molar-refractivity contribution < 1.29 is 17.4 Å². The topological polar surface area (TPSA) is 27.7 Å². The van der Waals surface area contributed by atoms with Crippen LogP contribution in [-0.2, 0) is 13.0 Å². The zero-order chi connectivity index (χ0) is 20.0. The fourth-order valence-corrected chi connectivity index (χ4v) is 16.4. The summed E-state index contributed by atoms with van der Waals surface area (Å²) in [5, 5.41) is 0. The van der Waals surface area contributed by atoms with Crippen LogP contribution < -0.4 is 0 Å². The molecule has 26 heavy (non-hydrogen) atoms. The molecule has 4 atom stereocenters. The predicted octanol–water partition coefficient (Wildman–Crippen LogP) is 6.23. The highest BCUT2D eigenvalue weighted by Crippen LogP contribution is 2.50. The maximum atomic E-state index is 15.1. The van der Waals surface area contributed by atoms with Crippen molar-refractivity contribution in [2.45, 2.75) is 94.7 Å². The lowest BCUT2D eigenvalue weighted by atomic mass is 10.0. The van der Waals surface area contributed by atoms with E-state index in [1.165, 1.54) is 0 Å². The van der Waals surface area contributed by atoms with Gasteiger partial charge in [0.2, 0.25) is 0 Å². The Morgan fingerprint density at radius 2 is 1.42 bits per heavy atom. The van der Waals surface area contributed by atoms with Gasteiger partial charge in [0.1, 0.15) is 6.17 Å². The van der Waals surface area contributed by atoms with Gasteiger partial charge in [-0.1, -0.05) is 83.5 Å². The van der Waals surface area contributed by atoms with Crippen molar-refractivity contribution in [1.82, 2.24) is 0 Å². The van der Waals surface area contributed by atoms with E-state index < -0.39 is 29.4 Å². The molecular formula is C19H36BrFO3Si2. The van der Waals surface area contributed by atoms with E-state index in [-0.39, 0.29) is 21.8 Å². The number of hydrogen-bond acceptors (Lipinski definition) is 3. The van der Waals surface area contributed by atoms with Crippen LogP contribution in [0.25, 0.3) is 0 Å². The Hall–Kier alpha value is 0.464. The first-order chi connectivity index (χ1) is 11.9. The summed E-state index contributed by atoms with van der Waals surface area (Å²) in [5.41, 5.74) is 1.87.